The molecule has 506 valence electrons. The molecule has 2 aliphatic heterocycles. The van der Waals surface area contributed by atoms with Gasteiger partial charge in [0.25, 0.3) is 5.54 Å². The van der Waals surface area contributed by atoms with Crippen molar-refractivity contribution in [1.29, 1.82) is 5.26 Å². The van der Waals surface area contributed by atoms with Crippen molar-refractivity contribution in [2.24, 2.45) is 37.2 Å². The molecule has 0 spiro atoms. The lowest BCUT2D eigenvalue weighted by Gasteiger charge is -2.38. The van der Waals surface area contributed by atoms with E-state index in [9.17, 15) is 42.1 Å². The molecule has 2 amide bonds. The first-order valence-corrected chi connectivity index (χ1v) is 32.8. The quantitative estimate of drug-likeness (QED) is 0.176. The molecular formula is C63H130N8O12S2. The maximum absolute atomic E-state index is 11.9. The number of rotatable bonds is 6. The van der Waals surface area contributed by atoms with Crippen molar-refractivity contribution in [1.82, 2.24) is 14.5 Å². The molecule has 85 heavy (non-hydrogen) atoms. The van der Waals surface area contributed by atoms with Crippen LogP contribution in [0.15, 0.2) is 34.7 Å². The molecule has 1 aromatic carbocycles. The molecule has 0 saturated carbocycles. The van der Waals surface area contributed by atoms with Crippen LogP contribution in [-0.2, 0) is 29.6 Å². The summed E-state index contributed by atoms with van der Waals surface area (Å²) in [5, 5.41) is 29.9. The number of hydrogen-bond donors (Lipinski definition) is 3. The lowest BCUT2D eigenvalue weighted by Crippen LogP contribution is -2.48. The van der Waals surface area contributed by atoms with Gasteiger partial charge in [-0.15, -0.1) is 0 Å². The number of carbonyl (C=O) groups excluding carboxylic acids is 1. The summed E-state index contributed by atoms with van der Waals surface area (Å²) in [4.78, 5) is 37.7. The first kappa shape index (κ1) is 92.4. The Morgan fingerprint density at radius 2 is 1.12 bits per heavy atom. The third-order valence-electron chi connectivity index (χ3n) is 10.7. The van der Waals surface area contributed by atoms with Gasteiger partial charge in [-0.05, 0) is 147 Å². The van der Waals surface area contributed by atoms with Gasteiger partial charge in [-0.3, -0.25) is 19.2 Å². The molecule has 0 aliphatic carbocycles. The molecule has 20 nitrogen and oxygen atoms in total. The standard InChI is InChI=1S/C11H23NO.C11H16O.C9H19NO2S.C7H16O.C6H14N2O.C5H13NO2S.C5H12NO2.C5H9N.C4H9NO2/c1-9-6-12(7-10(2)13-9)8-11(3,4)5;1-11(2,3)9-12-10-7-5-4-6-8-10;1-9(2,3)13(11,12)10-7-5-4-6-8-10;1-6(2,3)7(4,5)8;1-6(2,3)4-8-5(7)9;1-5(2,3)6-9(4,7)8;1-5(2,3)6(7)8-4;1-5(2,3)4-6;1-4(2,3)5(6)7/h9-10H,6-8H2,1-5H3;4-8H,9H2,1-3H3;4-8H2,1-3H3;8H,1-5H3;4H2,1-3H3,(H3,7,8,9);1-4H3,(H,6,7,8);1-4H3;1-3H3;1-3H3/q;;;;;;+1;;/p-1/t9-,10-;;;;;;;;/m0......../s1. The van der Waals surface area contributed by atoms with Gasteiger partial charge in [-0.2, -0.15) is 5.26 Å². The first-order valence-electron chi connectivity index (χ1n) is 29.5. The highest BCUT2D eigenvalue weighted by Gasteiger charge is 2.36. The van der Waals surface area contributed by atoms with Gasteiger partial charge in [0.05, 0.1) is 45.7 Å². The average molecular weight is 1260 g/mol. The summed E-state index contributed by atoms with van der Waals surface area (Å²) < 4.78 is 60.6. The molecule has 0 aromatic heterocycles. The zero-order valence-corrected chi connectivity index (χ0v) is 61.8. The van der Waals surface area contributed by atoms with Gasteiger partial charge in [0.2, 0.25) is 20.5 Å². The number of nitro groups is 1. The number of hydrogen-bond acceptors (Lipinski definition) is 15. The molecule has 0 bridgehead atoms. The summed E-state index contributed by atoms with van der Waals surface area (Å²) in [5.41, 5.74) is 3.19. The molecule has 22 heteroatoms. The Bertz CT molecular complexity index is 2230. The molecule has 4 N–H and O–H groups in total. The fourth-order valence-corrected chi connectivity index (χ4v) is 8.03. The van der Waals surface area contributed by atoms with Crippen molar-refractivity contribution >= 4 is 26.1 Å². The van der Waals surface area contributed by atoms with E-state index in [1.807, 2.05) is 106 Å². The normalized spacial score (nSPS) is 17.0. The van der Waals surface area contributed by atoms with E-state index < -0.39 is 53.0 Å². The predicted octanol–water partition coefficient (Wildman–Crippen LogP) is 14.1. The lowest BCUT2D eigenvalue weighted by molar-refractivity contribution is -0.839. The zero-order chi connectivity index (χ0) is 69.5. The average Bonchev–Trinajstić information content (AvgIpc) is 3.25. The van der Waals surface area contributed by atoms with Gasteiger partial charge in [-0.1, -0.05) is 108 Å². The van der Waals surface area contributed by atoms with E-state index in [-0.39, 0.29) is 26.6 Å². The molecule has 2 heterocycles. The number of primary amides is 1. The Balaban J connectivity index is -0.000000209. The first-order chi connectivity index (χ1) is 37.2. The summed E-state index contributed by atoms with van der Waals surface area (Å²) in [5.74, 6) is 0.951. The highest BCUT2D eigenvalue weighted by molar-refractivity contribution is 7.90. The Morgan fingerprint density at radius 3 is 1.32 bits per heavy atom. The summed E-state index contributed by atoms with van der Waals surface area (Å²) in [6, 6.07) is 11.6. The molecule has 2 saturated heterocycles. The maximum Gasteiger partial charge on any atom is 0.312 e. The SMILES string of the molecule is CC(C)(C)C#N.CC(C)(C)C(C)(C)O.CC(C)(C)CNC(N)=O.CC(C)(C)COc1ccccc1.CC(C)(C)N=S(C)(=O)[O-].CC(C)(C)S(=O)(=O)N1CCCCC1.CC(C)(C)[N+](=O)[O-].CO[N+](=O)C(C)(C)C.C[C@H]1CN(CC(C)(C)C)C[C@H](C)O1. The van der Waals surface area contributed by atoms with E-state index in [1.54, 1.807) is 87.4 Å². The predicted molar refractivity (Wildman–Crippen MR) is 353 cm³/mol. The number of para-hydroxylation sites is 1. The Kier molecular flexibility index (Phi) is 42.8. The second-order valence-corrected chi connectivity index (χ2v) is 36.1. The summed E-state index contributed by atoms with van der Waals surface area (Å²) in [6.45, 7) is 65.8. The number of benzene rings is 1. The minimum Gasteiger partial charge on any atom is -0.764 e. The van der Waals surface area contributed by atoms with Crippen LogP contribution in [0.25, 0.3) is 0 Å². The number of nitrogens with zero attached hydrogens (tertiary/aromatic N) is 6. The topological polar surface area (TPSA) is 283 Å². The van der Waals surface area contributed by atoms with Gasteiger partial charge in [0.1, 0.15) is 5.75 Å². The van der Waals surface area contributed by atoms with Crippen molar-refractivity contribution in [2.75, 3.05) is 59.2 Å². The van der Waals surface area contributed by atoms with Crippen LogP contribution in [0.5, 0.6) is 5.75 Å². The van der Waals surface area contributed by atoms with Crippen LogP contribution in [0, 0.1) is 53.4 Å². The largest absolute Gasteiger partial charge is 0.764 e. The molecule has 3 rings (SSSR count). The van der Waals surface area contributed by atoms with Crippen LogP contribution in [0.2, 0.25) is 0 Å². The molecule has 2 fully saturated rings. The van der Waals surface area contributed by atoms with E-state index in [0.717, 1.165) is 51.0 Å². The van der Waals surface area contributed by atoms with Crippen LogP contribution in [-0.4, -0.2) is 146 Å². The second-order valence-electron chi connectivity index (χ2n) is 31.7. The van der Waals surface area contributed by atoms with Gasteiger partial charge in [0.15, 0.2) is 7.11 Å². The molecular weight excluding hydrogens is 1120 g/mol. The fourth-order valence-electron chi connectivity index (χ4n) is 5.52. The number of nitrogens with one attached hydrogen (secondary N) is 1. The highest BCUT2D eigenvalue weighted by atomic mass is 32.2. The third-order valence-corrected chi connectivity index (χ3v) is 14.2. The van der Waals surface area contributed by atoms with Crippen LogP contribution in [0.1, 0.15) is 234 Å². The van der Waals surface area contributed by atoms with E-state index in [1.165, 1.54) is 13.7 Å². The number of ether oxygens (including phenoxy) is 2. The van der Waals surface area contributed by atoms with Crippen molar-refractivity contribution in [3.63, 3.8) is 0 Å². The maximum atomic E-state index is 11.9. The van der Waals surface area contributed by atoms with Crippen LogP contribution >= 0.6 is 0 Å². The van der Waals surface area contributed by atoms with Gasteiger partial charge < -0.3 is 30.2 Å². The number of aliphatic hydroxyl groups is 1. The number of nitrogens with two attached hydrogens (primary N) is 1. The Hall–Kier alpha value is -3.72. The summed E-state index contributed by atoms with van der Waals surface area (Å²) in [6.07, 6.45) is 5.07. The number of urea groups is 1. The van der Waals surface area contributed by atoms with Crippen LogP contribution in [0.4, 0.5) is 4.79 Å². The number of nitriles is 1. The zero-order valence-electron chi connectivity index (χ0n) is 60.1. The second kappa shape index (κ2) is 39.3. The summed E-state index contributed by atoms with van der Waals surface area (Å²) in [7, 11) is -4.86. The van der Waals surface area contributed by atoms with Crippen molar-refractivity contribution in [3.05, 3.63) is 45.4 Å². The van der Waals surface area contributed by atoms with Gasteiger partial charge in [0, 0.05) is 97.4 Å². The monoisotopic (exact) mass is 1250 g/mol. The fraction of sp³-hybridized carbons (Fsp3) is 0.873. The van der Waals surface area contributed by atoms with Crippen molar-refractivity contribution < 1.29 is 51.2 Å². The Labute approximate surface area is 521 Å². The molecule has 2 aliphatic rings. The lowest BCUT2D eigenvalue weighted by atomic mass is 9.79. The van der Waals surface area contributed by atoms with E-state index in [0.29, 0.717) is 42.2 Å². The van der Waals surface area contributed by atoms with E-state index >= 15 is 0 Å². The minimum atomic E-state index is -3.16. The number of amides is 2. The number of morpholine rings is 1. The highest BCUT2D eigenvalue weighted by Crippen LogP contribution is 2.29. The molecule has 3 atom stereocenters. The minimum absolute atomic E-state index is 0.00694. The third kappa shape index (κ3) is 63.1. The number of carbonyl (C=O) groups is 1. The molecule has 1 unspecified atom stereocenters. The van der Waals surface area contributed by atoms with Crippen LogP contribution in [0.3, 0.4) is 0 Å². The molecule has 1 aromatic rings. The van der Waals surface area contributed by atoms with Crippen LogP contribution < -0.4 is 15.8 Å². The van der Waals surface area contributed by atoms with Crippen molar-refractivity contribution in [3.8, 4) is 11.8 Å². The van der Waals surface area contributed by atoms with Crippen molar-refractivity contribution in [2.45, 2.75) is 273 Å². The number of piperidine rings is 1. The smallest absolute Gasteiger partial charge is 0.312 e. The summed E-state index contributed by atoms with van der Waals surface area (Å²) >= 11 is 0. The molecule has 0 radical (unpaired) electrons. The number of sulfonamides is 1. The Morgan fingerprint density at radius 1 is 0.741 bits per heavy atom. The van der Waals surface area contributed by atoms with Gasteiger partial charge >= 0.3 is 6.03 Å². The van der Waals surface area contributed by atoms with E-state index in [4.69, 9.17) is 20.5 Å². The van der Waals surface area contributed by atoms with Gasteiger partial charge in [-0.25, -0.2) is 26.7 Å². The van der Waals surface area contributed by atoms with E-state index in [2.05, 4.69) is 80.9 Å².